The molecule has 98 heavy (non-hydrogen) atoms. The average Bonchev–Trinajstić information content (AvgIpc) is 1.57. The normalized spacial score (nSPS) is 27.4. The van der Waals surface area contributed by atoms with Gasteiger partial charge in [-0.1, -0.05) is 52.0 Å². The summed E-state index contributed by atoms with van der Waals surface area (Å²) < 4.78 is 52.5. The van der Waals surface area contributed by atoms with Crippen molar-refractivity contribution in [3.63, 3.8) is 0 Å². The third-order valence-corrected chi connectivity index (χ3v) is 24.3. The molecule has 7 aliphatic rings. The smallest absolute Gasteiger partial charge is 0.330 e. The van der Waals surface area contributed by atoms with E-state index in [1.165, 1.54) is 22.7 Å². The molecule has 0 spiro atoms. The van der Waals surface area contributed by atoms with Crippen LogP contribution in [0.2, 0.25) is 0 Å². The van der Waals surface area contributed by atoms with Gasteiger partial charge in [0.15, 0.2) is 0 Å². The molecule has 5 saturated carbocycles. The number of aromatic nitrogens is 4. The van der Waals surface area contributed by atoms with Crippen molar-refractivity contribution in [2.45, 2.75) is 172 Å². The lowest BCUT2D eigenvalue weighted by Crippen LogP contribution is -2.54. The second-order valence-corrected chi connectivity index (χ2v) is 32.0. The van der Waals surface area contributed by atoms with E-state index in [2.05, 4.69) is 43.1 Å². The number of methoxy groups -OCH3 is 2. The highest BCUT2D eigenvalue weighted by Gasteiger charge is 2.63. The molecule has 5 amide bonds. The van der Waals surface area contributed by atoms with Crippen LogP contribution in [-0.4, -0.2) is 149 Å². The fourth-order valence-electron chi connectivity index (χ4n) is 14.4. The van der Waals surface area contributed by atoms with Crippen molar-refractivity contribution in [3.05, 3.63) is 94.0 Å². The van der Waals surface area contributed by atoms with Crippen LogP contribution in [0.5, 0.6) is 23.0 Å². The summed E-state index contributed by atoms with van der Waals surface area (Å²) in [5.41, 5.74) is 3.74. The maximum atomic E-state index is 14.3. The van der Waals surface area contributed by atoms with Crippen molar-refractivity contribution < 1.29 is 61.2 Å². The number of fused-ring (bicyclic) bond motifs is 6. The summed E-state index contributed by atoms with van der Waals surface area (Å²) >= 11 is 3.04. The molecule has 25 heteroatoms. The molecule has 6 heterocycles. The first kappa shape index (κ1) is 69.9. The van der Waals surface area contributed by atoms with Crippen molar-refractivity contribution in [1.82, 2.24) is 45.1 Å². The minimum Gasteiger partial charge on any atom is -0.496 e. The fourth-order valence-corrected chi connectivity index (χ4v) is 17.6. The number of allylic oxidation sites excluding steroid dienone is 2. The van der Waals surface area contributed by atoms with Crippen LogP contribution in [-0.2, 0) is 38.8 Å². The number of carbonyl (C=O) groups is 6. The number of carboxylic acid groups (broad SMARTS) is 1. The Morgan fingerprint density at radius 1 is 0.622 bits per heavy atom. The number of hydrogen-bond donors (Lipinski definition) is 4. The Labute approximate surface area is 580 Å². The largest absolute Gasteiger partial charge is 0.496 e. The van der Waals surface area contributed by atoms with Gasteiger partial charge in [0.2, 0.25) is 33.7 Å². The molecule has 4 N–H and O–H groups in total. The van der Waals surface area contributed by atoms with E-state index in [4.69, 9.17) is 38.9 Å². The topological polar surface area (TPSA) is 288 Å². The van der Waals surface area contributed by atoms with E-state index in [9.17, 15) is 42.3 Å². The van der Waals surface area contributed by atoms with Gasteiger partial charge in [-0.3, -0.25) is 28.7 Å². The lowest BCUT2D eigenvalue weighted by molar-refractivity contribution is -0.145. The maximum absolute atomic E-state index is 14.3. The highest BCUT2D eigenvalue weighted by atomic mass is 32.2. The zero-order valence-electron chi connectivity index (χ0n) is 57.3. The molecule has 522 valence electrons. The van der Waals surface area contributed by atoms with Gasteiger partial charge in [-0.05, 0) is 140 Å². The van der Waals surface area contributed by atoms with Crippen molar-refractivity contribution in [3.8, 4) is 44.4 Å². The number of nitrogens with zero attached hydrogens (tertiary/aromatic N) is 6. The Morgan fingerprint density at radius 3 is 1.47 bits per heavy atom. The van der Waals surface area contributed by atoms with Crippen LogP contribution in [0.15, 0.2) is 71.5 Å². The fraction of sp³-hybridized carbons (Fsp3) is 0.534. The second-order valence-electron chi connectivity index (χ2n) is 28.3. The Kier molecular flexibility index (Phi) is 20.2. The molecule has 6 aromatic rings. The molecular weight excluding hydrogens is 1310 g/mol. The standard InChI is InChI=1S/C38H47N5O7S2.C35H42N4O6S/c1-21(2)30-20-51-35(40-30)29-18-32(26-13-14-31(49-5)22(3)33(26)39-29)50-24-16-27-28(17-24)36(45)43(4)15-9-7-6-8-10-23-19-38(23,41-34(27)44)37(46)42-52(47,48)25-11-12-25;1-19(2)27-18-46-32(37-27)26-16-29(23-11-12-28(44-5)20(3)30(23)36-26)45-22-14-24-25(15-22)33(41)39(4)13-9-7-6-8-10-21-17-35(21,34(42)43)38-31(24)40/h8,10,13-14,18,20-21,23-25,27-28H,6-7,9,11-12,15-17,19H2,1-5H3,(H,41,44)(H,42,46);8,10-12,16,18-19,21-22,24-25H,6-7,9,13-15,17H2,1-5H3,(H,38,40)(H,42,43)/b2*10-8-/t23-,24-,27-,28-,38-;21-,22-,24-,25-,35-/m11/s1. The molecule has 2 aromatic carbocycles. The maximum Gasteiger partial charge on any atom is 0.330 e. The van der Waals surface area contributed by atoms with Crippen molar-refractivity contribution >= 4 is 90.0 Å². The highest BCUT2D eigenvalue weighted by Crippen LogP contribution is 2.50. The van der Waals surface area contributed by atoms with Gasteiger partial charge < -0.3 is 44.5 Å². The Balaban J connectivity index is 0.000000188. The number of amides is 5. The first-order valence-corrected chi connectivity index (χ1v) is 37.6. The van der Waals surface area contributed by atoms with Crippen LogP contribution in [0, 0.1) is 49.4 Å². The van der Waals surface area contributed by atoms with Crippen LogP contribution >= 0.6 is 22.7 Å². The van der Waals surface area contributed by atoms with Crippen molar-refractivity contribution in [2.24, 2.45) is 35.5 Å². The predicted molar refractivity (Wildman–Crippen MR) is 375 cm³/mol. The van der Waals surface area contributed by atoms with Gasteiger partial charge in [-0.25, -0.2) is 33.1 Å². The highest BCUT2D eigenvalue weighted by molar-refractivity contribution is 7.91. The third kappa shape index (κ3) is 14.3. The number of thiazole rings is 2. The number of carbonyl (C=O) groups excluding carboxylic acids is 5. The zero-order chi connectivity index (χ0) is 69.7. The van der Waals surface area contributed by atoms with Crippen LogP contribution in [0.3, 0.4) is 0 Å². The lowest BCUT2D eigenvalue weighted by Gasteiger charge is -2.26. The third-order valence-electron chi connectivity index (χ3n) is 20.8. The van der Waals surface area contributed by atoms with E-state index in [-0.39, 0.29) is 54.7 Å². The number of nitrogens with one attached hydrogen (secondary N) is 3. The number of benzene rings is 2. The molecule has 5 fully saturated rings. The quantitative estimate of drug-likeness (QED) is 0.0737. The van der Waals surface area contributed by atoms with Gasteiger partial charge in [0.05, 0.1) is 65.6 Å². The van der Waals surface area contributed by atoms with E-state index in [1.54, 1.807) is 38.1 Å². The van der Waals surface area contributed by atoms with Crippen molar-refractivity contribution in [2.75, 3.05) is 41.4 Å². The van der Waals surface area contributed by atoms with Crippen LogP contribution in [0.1, 0.15) is 152 Å². The summed E-state index contributed by atoms with van der Waals surface area (Å²) in [6.07, 6.45) is 14.6. The number of rotatable bonds is 14. The van der Waals surface area contributed by atoms with E-state index in [1.807, 2.05) is 85.3 Å². The second kappa shape index (κ2) is 28.3. The Morgan fingerprint density at radius 2 is 1.05 bits per heavy atom. The first-order chi connectivity index (χ1) is 46.8. The van der Waals surface area contributed by atoms with Gasteiger partial charge in [0.1, 0.15) is 67.7 Å². The number of sulfonamides is 1. The van der Waals surface area contributed by atoms with Crippen LogP contribution in [0.25, 0.3) is 43.2 Å². The van der Waals surface area contributed by atoms with Crippen LogP contribution < -0.4 is 34.3 Å². The molecule has 0 unspecified atom stereocenters. The summed E-state index contributed by atoms with van der Waals surface area (Å²) in [6, 6.07) is 11.4. The minimum absolute atomic E-state index is 0.111. The molecule has 2 aliphatic heterocycles. The summed E-state index contributed by atoms with van der Waals surface area (Å²) in [6.45, 7) is 13.4. The average molecular weight is 1400 g/mol. The molecule has 22 nitrogen and oxygen atoms in total. The number of ether oxygens (including phenoxy) is 4. The SMILES string of the molecule is COc1ccc2c(O[C@@H]3C[C@H]4C(=O)N[C@]5(C(=O)NS(=O)(=O)C6CC6)C[C@H]5/C=C\CCCCN(C)C(=O)[C@@H]4C3)cc(-c3nc(C(C)C)cs3)nc2c1C.COc1ccc2c(O[C@@H]3C[C@H]4C(=O)N[C@]5(C(=O)O)C[C@H]5/C=C\CCCCN(C)C(=O)[C@@H]4C3)cc(-c3nc(C(C)C)cs3)nc2c1C. The van der Waals surface area contributed by atoms with E-state index in [0.717, 1.165) is 87.3 Å². The van der Waals surface area contributed by atoms with Gasteiger partial charge in [-0.2, -0.15) is 0 Å². The van der Waals surface area contributed by atoms with E-state index < -0.39 is 85.9 Å². The van der Waals surface area contributed by atoms with E-state index >= 15 is 0 Å². The predicted octanol–water partition coefficient (Wildman–Crippen LogP) is 11.0. The van der Waals surface area contributed by atoms with Gasteiger partial charge in [0, 0.05) is 83.8 Å². The number of pyridine rings is 2. The Bertz CT molecular complexity index is 4280. The summed E-state index contributed by atoms with van der Waals surface area (Å²) in [5.74, 6) is -3.21. The molecule has 0 bridgehead atoms. The van der Waals surface area contributed by atoms with E-state index in [0.29, 0.717) is 85.1 Å². The molecule has 10 atom stereocenters. The molecule has 0 radical (unpaired) electrons. The zero-order valence-corrected chi connectivity index (χ0v) is 59.8. The minimum atomic E-state index is -3.83. The monoisotopic (exact) mass is 1400 g/mol. The molecule has 0 saturated heterocycles. The van der Waals surface area contributed by atoms with Crippen molar-refractivity contribution in [1.29, 1.82) is 0 Å². The molecule has 5 aliphatic carbocycles. The molecule has 13 rings (SSSR count). The summed E-state index contributed by atoms with van der Waals surface area (Å²) in [7, 11) is 2.96. The van der Waals surface area contributed by atoms with Gasteiger partial charge in [-0.15, -0.1) is 22.7 Å². The number of aliphatic carboxylic acids is 1. The molecule has 4 aromatic heterocycles. The summed E-state index contributed by atoms with van der Waals surface area (Å²) in [5, 5.41) is 22.5. The first-order valence-electron chi connectivity index (χ1n) is 34.3. The number of carboxylic acids is 1. The van der Waals surface area contributed by atoms with Gasteiger partial charge >= 0.3 is 5.97 Å². The van der Waals surface area contributed by atoms with Crippen LogP contribution in [0.4, 0.5) is 0 Å². The number of aryl methyl sites for hydroxylation is 2. The Hall–Kier alpha value is -8.03. The number of hydrogen-bond acceptors (Lipinski definition) is 18. The van der Waals surface area contributed by atoms with Gasteiger partial charge in [0.25, 0.3) is 5.91 Å². The summed E-state index contributed by atoms with van der Waals surface area (Å²) in [4.78, 5) is 105. The lowest BCUT2D eigenvalue weighted by atomic mass is 9.93. The molecular formula is C73H89N9O13S3.